The van der Waals surface area contributed by atoms with E-state index in [1.807, 2.05) is 32.3 Å². The Morgan fingerprint density at radius 2 is 2.04 bits per heavy atom. The second kappa shape index (κ2) is 9.63. The lowest BCUT2D eigenvalue weighted by molar-refractivity contribution is -0.113. The summed E-state index contributed by atoms with van der Waals surface area (Å²) in [7, 11) is 1.67. The molecule has 0 aliphatic carbocycles. The number of hydrogen-bond donors (Lipinski definition) is 1. The summed E-state index contributed by atoms with van der Waals surface area (Å²) in [5.41, 5.74) is 4.78. The minimum Gasteiger partial charge on any atom is -0.385 e. The summed E-state index contributed by atoms with van der Waals surface area (Å²) in [4.78, 5) is 13.7. The normalized spacial score (nSPS) is 10.7. The number of nitrogens with one attached hydrogen (secondary N) is 1. The van der Waals surface area contributed by atoms with E-state index >= 15 is 0 Å². The molecule has 5 nitrogen and oxygen atoms in total. The van der Waals surface area contributed by atoms with Crippen LogP contribution in [0, 0.1) is 39.0 Å². The van der Waals surface area contributed by atoms with Gasteiger partial charge in [-0.25, -0.2) is 0 Å². The second-order valence-electron chi connectivity index (χ2n) is 6.65. The zero-order chi connectivity index (χ0) is 20.0. The zero-order valence-electron chi connectivity index (χ0n) is 16.7. The average Bonchev–Trinajstić information content (AvgIpc) is 2.86. The van der Waals surface area contributed by atoms with E-state index in [1.165, 1.54) is 17.3 Å². The molecule has 0 spiro atoms. The summed E-state index contributed by atoms with van der Waals surface area (Å²) in [5, 5.41) is 12.5. The molecule has 27 heavy (non-hydrogen) atoms. The van der Waals surface area contributed by atoms with Crippen molar-refractivity contribution in [2.75, 3.05) is 24.8 Å². The lowest BCUT2D eigenvalue weighted by atomic mass is 10.2. The zero-order valence-corrected chi connectivity index (χ0v) is 17.5. The number of thioether (sulfide) groups is 1. The number of nitriles is 1. The van der Waals surface area contributed by atoms with Gasteiger partial charge in [0.05, 0.1) is 11.3 Å². The van der Waals surface area contributed by atoms with Gasteiger partial charge in [0.2, 0.25) is 5.91 Å². The van der Waals surface area contributed by atoms with Crippen LogP contribution in [0.15, 0.2) is 23.1 Å². The number of methoxy groups -OCH3 is 1. The Hall–Kier alpha value is -2.23. The highest BCUT2D eigenvalue weighted by atomic mass is 32.2. The summed E-state index contributed by atoms with van der Waals surface area (Å²) < 4.78 is 7.13. The monoisotopic (exact) mass is 385 g/mol. The van der Waals surface area contributed by atoms with Crippen LogP contribution in [-0.4, -0.2) is 29.9 Å². The molecule has 1 heterocycles. The molecule has 2 rings (SSSR count). The van der Waals surface area contributed by atoms with Crippen LogP contribution in [0.2, 0.25) is 0 Å². The molecule has 1 amide bonds. The van der Waals surface area contributed by atoms with Gasteiger partial charge in [0.15, 0.2) is 0 Å². The van der Waals surface area contributed by atoms with E-state index in [9.17, 15) is 10.1 Å². The maximum Gasteiger partial charge on any atom is 0.235 e. The van der Waals surface area contributed by atoms with Gasteiger partial charge in [0, 0.05) is 30.9 Å². The number of ether oxygens (including phenoxy) is 1. The first-order chi connectivity index (χ1) is 12.9. The molecule has 0 saturated heterocycles. The van der Waals surface area contributed by atoms with Crippen molar-refractivity contribution >= 4 is 23.5 Å². The van der Waals surface area contributed by atoms with Crippen molar-refractivity contribution in [2.24, 2.45) is 0 Å². The number of benzene rings is 1. The van der Waals surface area contributed by atoms with Gasteiger partial charge in [-0.2, -0.15) is 5.26 Å². The summed E-state index contributed by atoms with van der Waals surface area (Å²) in [6.07, 6.45) is 0.816. The first-order valence-electron chi connectivity index (χ1n) is 8.97. The van der Waals surface area contributed by atoms with Crippen molar-refractivity contribution in [2.45, 2.75) is 45.6 Å². The Balaban J connectivity index is 2.15. The summed E-state index contributed by atoms with van der Waals surface area (Å²) in [6.45, 7) is 9.31. The molecule has 0 aliphatic heterocycles. The fraction of sp³-hybridized carbons (Fsp3) is 0.429. The third-order valence-electron chi connectivity index (χ3n) is 4.63. The van der Waals surface area contributed by atoms with E-state index in [4.69, 9.17) is 4.74 Å². The highest BCUT2D eigenvalue weighted by Crippen LogP contribution is 2.28. The molecule has 1 aromatic carbocycles. The van der Waals surface area contributed by atoms with Gasteiger partial charge in [-0.15, -0.1) is 11.8 Å². The SMILES string of the molecule is COCCCn1c(C)c(C)c(C#N)c1NC(=O)CSc1cc(C)ccc1C. The van der Waals surface area contributed by atoms with Gasteiger partial charge >= 0.3 is 0 Å². The van der Waals surface area contributed by atoms with Gasteiger partial charge in [0.1, 0.15) is 11.9 Å². The summed E-state index contributed by atoms with van der Waals surface area (Å²) in [5.74, 6) is 0.786. The number of aryl methyl sites for hydroxylation is 2. The lowest BCUT2D eigenvalue weighted by Crippen LogP contribution is -2.18. The van der Waals surface area contributed by atoms with Crippen molar-refractivity contribution in [3.8, 4) is 6.07 Å². The lowest BCUT2D eigenvalue weighted by Gasteiger charge is -2.13. The van der Waals surface area contributed by atoms with Crippen molar-refractivity contribution in [1.29, 1.82) is 5.26 Å². The van der Waals surface area contributed by atoms with E-state index in [2.05, 4.69) is 29.6 Å². The number of carbonyl (C=O) groups is 1. The Morgan fingerprint density at radius 1 is 1.30 bits per heavy atom. The maximum absolute atomic E-state index is 12.6. The Morgan fingerprint density at radius 3 is 2.70 bits per heavy atom. The van der Waals surface area contributed by atoms with Crippen molar-refractivity contribution in [3.05, 3.63) is 46.1 Å². The van der Waals surface area contributed by atoms with Crippen molar-refractivity contribution in [3.63, 3.8) is 0 Å². The van der Waals surface area contributed by atoms with E-state index in [-0.39, 0.29) is 5.91 Å². The first-order valence-corrected chi connectivity index (χ1v) is 9.96. The van der Waals surface area contributed by atoms with Gasteiger partial charge in [0.25, 0.3) is 0 Å². The molecule has 1 aromatic heterocycles. The smallest absolute Gasteiger partial charge is 0.235 e. The quantitative estimate of drug-likeness (QED) is 0.541. The van der Waals surface area contributed by atoms with Gasteiger partial charge in [-0.3, -0.25) is 4.79 Å². The average molecular weight is 386 g/mol. The number of nitrogens with zero attached hydrogens (tertiary/aromatic N) is 2. The van der Waals surface area contributed by atoms with E-state index in [0.717, 1.165) is 28.1 Å². The summed E-state index contributed by atoms with van der Waals surface area (Å²) in [6, 6.07) is 8.46. The predicted octanol–water partition coefficient (Wildman–Crippen LogP) is 4.36. The van der Waals surface area contributed by atoms with Crippen LogP contribution in [-0.2, 0) is 16.1 Å². The maximum atomic E-state index is 12.6. The molecule has 2 aromatic rings. The molecule has 0 fully saturated rings. The fourth-order valence-electron chi connectivity index (χ4n) is 2.95. The molecule has 0 aliphatic rings. The van der Waals surface area contributed by atoms with Gasteiger partial charge < -0.3 is 14.6 Å². The molecule has 0 bridgehead atoms. The highest BCUT2D eigenvalue weighted by molar-refractivity contribution is 8.00. The Kier molecular flexibility index (Phi) is 7.52. The van der Waals surface area contributed by atoms with E-state index < -0.39 is 0 Å². The van der Waals surface area contributed by atoms with Crippen LogP contribution < -0.4 is 5.32 Å². The van der Waals surface area contributed by atoms with Gasteiger partial charge in [-0.05, 0) is 51.3 Å². The molecular formula is C21H27N3O2S. The topological polar surface area (TPSA) is 67.1 Å². The predicted molar refractivity (Wildman–Crippen MR) is 110 cm³/mol. The molecule has 0 atom stereocenters. The standard InChI is InChI=1S/C21H27N3O2S/c1-14-7-8-15(2)19(11-14)27-13-20(25)23-21-18(12-22)16(3)17(4)24(21)9-6-10-26-5/h7-8,11H,6,9-10,13H2,1-5H3,(H,23,25). The van der Waals surface area contributed by atoms with Crippen LogP contribution >= 0.6 is 11.8 Å². The molecule has 0 saturated carbocycles. The van der Waals surface area contributed by atoms with E-state index in [1.54, 1.807) is 7.11 Å². The van der Waals surface area contributed by atoms with Crippen LogP contribution in [0.4, 0.5) is 5.82 Å². The highest BCUT2D eigenvalue weighted by Gasteiger charge is 2.19. The Labute approximate surface area is 165 Å². The second-order valence-corrected chi connectivity index (χ2v) is 7.67. The van der Waals surface area contributed by atoms with Crippen LogP contribution in [0.25, 0.3) is 0 Å². The third-order valence-corrected chi connectivity index (χ3v) is 5.79. The number of aromatic nitrogens is 1. The third kappa shape index (κ3) is 5.15. The molecule has 144 valence electrons. The number of amides is 1. The fourth-order valence-corrected chi connectivity index (χ4v) is 3.87. The van der Waals surface area contributed by atoms with Crippen LogP contribution in [0.5, 0.6) is 0 Å². The largest absolute Gasteiger partial charge is 0.385 e. The van der Waals surface area contributed by atoms with Gasteiger partial charge in [-0.1, -0.05) is 17.7 Å². The minimum atomic E-state index is -0.108. The Bertz CT molecular complexity index is 865. The molecule has 6 heteroatoms. The number of carbonyl (C=O) groups excluding carboxylic acids is 1. The first kappa shape index (κ1) is 21.1. The number of rotatable bonds is 8. The molecule has 1 N–H and O–H groups in total. The number of hydrogen-bond acceptors (Lipinski definition) is 4. The molecular weight excluding hydrogens is 358 g/mol. The van der Waals surface area contributed by atoms with Crippen molar-refractivity contribution in [1.82, 2.24) is 4.57 Å². The minimum absolute atomic E-state index is 0.108. The summed E-state index contributed by atoms with van der Waals surface area (Å²) >= 11 is 1.52. The van der Waals surface area contributed by atoms with Crippen molar-refractivity contribution < 1.29 is 9.53 Å². The van der Waals surface area contributed by atoms with Crippen LogP contribution in [0.3, 0.4) is 0 Å². The van der Waals surface area contributed by atoms with Crippen LogP contribution in [0.1, 0.15) is 34.4 Å². The molecule has 0 radical (unpaired) electrons. The van der Waals surface area contributed by atoms with E-state index in [0.29, 0.717) is 30.3 Å². The molecule has 0 unspecified atom stereocenters. The number of anilines is 1.